The molecule has 0 radical (unpaired) electrons. The maximum atomic E-state index is 13.2. The molecule has 2 aliphatic heterocycles. The van der Waals surface area contributed by atoms with Gasteiger partial charge in [0.1, 0.15) is 17.2 Å². The van der Waals surface area contributed by atoms with Crippen LogP contribution in [0.3, 0.4) is 0 Å². The monoisotopic (exact) mass is 448 g/mol. The predicted molar refractivity (Wildman–Crippen MR) is 124 cm³/mol. The van der Waals surface area contributed by atoms with E-state index < -0.39 is 17.7 Å². The van der Waals surface area contributed by atoms with Crippen LogP contribution in [0.2, 0.25) is 0 Å². The molecular formula is C23H20N4O4S. The number of ether oxygens (including phenoxy) is 1. The standard InChI is InChI=1S/C23H20N4O4S/c1-3-31-17-11-9-15(10-12-17)26-21(29)19(20(28)24-23(26)32)13-18-14(2)25-27(22(18)30)16-7-5-4-6-8-16/h4-13,18,25H,2-3H2,1H3,(H,24,28,32)/b19-13+/t18-/m1/s1. The van der Waals surface area contributed by atoms with Gasteiger partial charge in [0.2, 0.25) is 0 Å². The normalized spacial score (nSPS) is 20.0. The molecule has 2 saturated heterocycles. The zero-order chi connectivity index (χ0) is 22.8. The third-order valence-corrected chi connectivity index (χ3v) is 5.26. The zero-order valence-corrected chi connectivity index (χ0v) is 18.0. The molecule has 0 aliphatic carbocycles. The van der Waals surface area contributed by atoms with E-state index in [0.717, 1.165) is 0 Å². The van der Waals surface area contributed by atoms with E-state index in [1.165, 1.54) is 16.0 Å². The fourth-order valence-electron chi connectivity index (χ4n) is 3.43. The lowest BCUT2D eigenvalue weighted by atomic mass is 10.0. The van der Waals surface area contributed by atoms with Gasteiger partial charge in [0, 0.05) is 5.70 Å². The minimum atomic E-state index is -0.895. The van der Waals surface area contributed by atoms with Crippen LogP contribution in [0.15, 0.2) is 78.5 Å². The van der Waals surface area contributed by atoms with Gasteiger partial charge in [-0.05, 0) is 61.6 Å². The largest absolute Gasteiger partial charge is 0.494 e. The summed E-state index contributed by atoms with van der Waals surface area (Å²) in [4.78, 5) is 40.0. The zero-order valence-electron chi connectivity index (χ0n) is 17.2. The number of rotatable bonds is 5. The highest BCUT2D eigenvalue weighted by atomic mass is 32.1. The van der Waals surface area contributed by atoms with Crippen LogP contribution in [0.4, 0.5) is 11.4 Å². The van der Waals surface area contributed by atoms with Crippen molar-refractivity contribution in [2.45, 2.75) is 6.92 Å². The third kappa shape index (κ3) is 3.85. The first-order valence-electron chi connectivity index (χ1n) is 9.89. The summed E-state index contributed by atoms with van der Waals surface area (Å²) >= 11 is 5.22. The maximum absolute atomic E-state index is 13.2. The summed E-state index contributed by atoms with van der Waals surface area (Å²) in [6.45, 7) is 6.26. The molecule has 2 aromatic rings. The van der Waals surface area contributed by atoms with E-state index in [4.69, 9.17) is 17.0 Å². The Morgan fingerprint density at radius 1 is 1.06 bits per heavy atom. The van der Waals surface area contributed by atoms with Crippen LogP contribution in [-0.2, 0) is 14.4 Å². The van der Waals surface area contributed by atoms with Crippen LogP contribution in [0.25, 0.3) is 0 Å². The fourth-order valence-corrected chi connectivity index (χ4v) is 3.71. The van der Waals surface area contributed by atoms with Gasteiger partial charge in [-0.3, -0.25) is 30.0 Å². The highest BCUT2D eigenvalue weighted by Gasteiger charge is 2.39. The Balaban J connectivity index is 1.63. The smallest absolute Gasteiger partial charge is 0.269 e. The number of hydrogen-bond donors (Lipinski definition) is 2. The van der Waals surface area contributed by atoms with Crippen molar-refractivity contribution in [1.29, 1.82) is 0 Å². The number of nitrogens with zero attached hydrogens (tertiary/aromatic N) is 2. The molecule has 0 bridgehead atoms. The van der Waals surface area contributed by atoms with Gasteiger partial charge < -0.3 is 4.74 Å². The molecule has 0 spiro atoms. The lowest BCUT2D eigenvalue weighted by molar-refractivity contribution is -0.122. The Kier molecular flexibility index (Phi) is 5.74. The maximum Gasteiger partial charge on any atom is 0.269 e. The molecule has 2 aliphatic rings. The van der Waals surface area contributed by atoms with E-state index in [0.29, 0.717) is 29.4 Å². The van der Waals surface area contributed by atoms with Gasteiger partial charge in [-0.25, -0.2) is 5.01 Å². The number of carbonyl (C=O) groups excluding carboxylic acids is 3. The van der Waals surface area contributed by atoms with E-state index in [1.54, 1.807) is 48.5 Å². The SMILES string of the molecule is C=C1NN(c2ccccc2)C(=O)[C@@H]1/C=C1\C(=O)NC(=S)N(c2ccc(OCC)cc2)C1=O. The molecule has 8 nitrogen and oxygen atoms in total. The minimum absolute atomic E-state index is 0.0399. The topological polar surface area (TPSA) is 91.0 Å². The van der Waals surface area contributed by atoms with Gasteiger partial charge in [-0.1, -0.05) is 24.8 Å². The summed E-state index contributed by atoms with van der Waals surface area (Å²) in [6.07, 6.45) is 1.32. The first kappa shape index (κ1) is 21.3. The molecule has 1 atom stereocenters. The molecule has 2 fully saturated rings. The van der Waals surface area contributed by atoms with Crippen molar-refractivity contribution >= 4 is 46.4 Å². The number of nitrogens with one attached hydrogen (secondary N) is 2. The molecule has 4 rings (SSSR count). The number of thiocarbonyl (C=S) groups is 1. The van der Waals surface area contributed by atoms with Crippen LogP contribution >= 0.6 is 12.2 Å². The predicted octanol–water partition coefficient (Wildman–Crippen LogP) is 2.44. The third-order valence-electron chi connectivity index (χ3n) is 4.97. The van der Waals surface area contributed by atoms with Crippen molar-refractivity contribution in [3.8, 4) is 5.75 Å². The van der Waals surface area contributed by atoms with E-state index in [-0.39, 0.29) is 16.6 Å². The molecule has 0 saturated carbocycles. The highest BCUT2D eigenvalue weighted by Crippen LogP contribution is 2.28. The number of para-hydroxylation sites is 1. The first-order valence-corrected chi connectivity index (χ1v) is 10.3. The summed E-state index contributed by atoms with van der Waals surface area (Å²) in [5.74, 6) is -1.89. The molecule has 3 amide bonds. The van der Waals surface area contributed by atoms with Gasteiger partial charge in [0.25, 0.3) is 17.7 Å². The van der Waals surface area contributed by atoms with Gasteiger partial charge in [-0.15, -0.1) is 0 Å². The summed E-state index contributed by atoms with van der Waals surface area (Å²) in [7, 11) is 0. The van der Waals surface area contributed by atoms with E-state index in [1.807, 2.05) is 13.0 Å². The Bertz CT molecular complexity index is 1140. The number of amides is 3. The van der Waals surface area contributed by atoms with E-state index in [9.17, 15) is 14.4 Å². The molecule has 2 aromatic carbocycles. The van der Waals surface area contributed by atoms with Crippen LogP contribution < -0.4 is 25.4 Å². The van der Waals surface area contributed by atoms with E-state index >= 15 is 0 Å². The number of anilines is 2. The van der Waals surface area contributed by atoms with Gasteiger partial charge >= 0.3 is 0 Å². The minimum Gasteiger partial charge on any atom is -0.494 e. The lowest BCUT2D eigenvalue weighted by Crippen LogP contribution is -2.54. The average Bonchev–Trinajstić information content (AvgIpc) is 3.06. The van der Waals surface area contributed by atoms with Crippen LogP contribution in [-0.4, -0.2) is 29.4 Å². The number of hydrazine groups is 1. The molecule has 9 heteroatoms. The van der Waals surface area contributed by atoms with Crippen LogP contribution in [0, 0.1) is 5.92 Å². The van der Waals surface area contributed by atoms with Gasteiger partial charge in [0.15, 0.2) is 5.11 Å². The van der Waals surface area contributed by atoms with Crippen molar-refractivity contribution in [2.75, 3.05) is 16.5 Å². The Hall–Kier alpha value is -3.98. The summed E-state index contributed by atoms with van der Waals surface area (Å²) < 4.78 is 5.42. The Morgan fingerprint density at radius 2 is 1.75 bits per heavy atom. The number of hydrogen-bond acceptors (Lipinski definition) is 6. The van der Waals surface area contributed by atoms with Crippen LogP contribution in [0.1, 0.15) is 6.92 Å². The van der Waals surface area contributed by atoms with Crippen molar-refractivity contribution in [3.05, 3.63) is 78.5 Å². The van der Waals surface area contributed by atoms with Crippen molar-refractivity contribution in [3.63, 3.8) is 0 Å². The highest BCUT2D eigenvalue weighted by molar-refractivity contribution is 7.80. The summed E-state index contributed by atoms with van der Waals surface area (Å²) in [5.41, 5.74) is 4.16. The second-order valence-electron chi connectivity index (χ2n) is 7.03. The molecule has 2 N–H and O–H groups in total. The number of carbonyl (C=O) groups is 3. The molecule has 162 valence electrons. The summed E-state index contributed by atoms with van der Waals surface area (Å²) in [6, 6.07) is 15.7. The quantitative estimate of drug-likeness (QED) is 0.415. The average molecular weight is 449 g/mol. The fraction of sp³-hybridized carbons (Fsp3) is 0.130. The summed E-state index contributed by atoms with van der Waals surface area (Å²) in [5, 5.41) is 3.82. The molecular weight excluding hydrogens is 428 g/mol. The molecule has 0 aromatic heterocycles. The van der Waals surface area contributed by atoms with Crippen molar-refractivity contribution in [1.82, 2.24) is 10.7 Å². The second-order valence-corrected chi connectivity index (χ2v) is 7.42. The van der Waals surface area contributed by atoms with Gasteiger partial charge in [0.05, 0.1) is 18.0 Å². The molecule has 0 unspecified atom stereocenters. The first-order chi connectivity index (χ1) is 15.4. The second kappa shape index (κ2) is 8.64. The molecule has 32 heavy (non-hydrogen) atoms. The Labute approximate surface area is 190 Å². The van der Waals surface area contributed by atoms with Crippen molar-refractivity contribution < 1.29 is 19.1 Å². The molecule has 2 heterocycles. The lowest BCUT2D eigenvalue weighted by Gasteiger charge is -2.29. The van der Waals surface area contributed by atoms with Gasteiger partial charge in [-0.2, -0.15) is 0 Å². The van der Waals surface area contributed by atoms with E-state index in [2.05, 4.69) is 17.3 Å². The number of benzene rings is 2. The Morgan fingerprint density at radius 3 is 2.41 bits per heavy atom. The van der Waals surface area contributed by atoms with Crippen molar-refractivity contribution in [2.24, 2.45) is 5.92 Å². The van der Waals surface area contributed by atoms with Crippen LogP contribution in [0.5, 0.6) is 5.75 Å².